The summed E-state index contributed by atoms with van der Waals surface area (Å²) in [6, 6.07) is 4.51. The Balaban J connectivity index is 1.58. The maximum Gasteiger partial charge on any atom is 0.132 e. The minimum atomic E-state index is 0.570. The molecule has 156 valence electrons. The minimum absolute atomic E-state index is 0.570. The van der Waals surface area contributed by atoms with Gasteiger partial charge in [-0.05, 0) is 37.1 Å². The van der Waals surface area contributed by atoms with Gasteiger partial charge in [0.2, 0.25) is 0 Å². The Morgan fingerprint density at radius 1 is 1.17 bits per heavy atom. The van der Waals surface area contributed by atoms with E-state index in [0.29, 0.717) is 18.3 Å². The molecule has 0 bridgehead atoms. The molecule has 1 saturated heterocycles. The van der Waals surface area contributed by atoms with Crippen LogP contribution in [-0.2, 0) is 0 Å². The van der Waals surface area contributed by atoms with Gasteiger partial charge in [-0.2, -0.15) is 5.10 Å². The van der Waals surface area contributed by atoms with Crippen LogP contribution in [0.2, 0.25) is 0 Å². The number of anilines is 1. The zero-order valence-corrected chi connectivity index (χ0v) is 17.6. The number of nitrogens with one attached hydrogen (secondary N) is 1. The number of piperazine rings is 1. The number of rotatable bonds is 4. The summed E-state index contributed by atoms with van der Waals surface area (Å²) in [5, 5.41) is 4.56. The highest BCUT2D eigenvalue weighted by Crippen LogP contribution is 2.22. The quantitative estimate of drug-likeness (QED) is 0.845. The van der Waals surface area contributed by atoms with Crippen molar-refractivity contribution in [1.82, 2.24) is 20.3 Å². The van der Waals surface area contributed by atoms with E-state index in [2.05, 4.69) is 50.7 Å². The van der Waals surface area contributed by atoms with Crippen molar-refractivity contribution < 1.29 is 4.42 Å². The fraction of sp³-hybridized carbons (Fsp3) is 0.348. The van der Waals surface area contributed by atoms with Gasteiger partial charge < -0.3 is 14.7 Å². The number of hydrogen-bond acceptors (Lipinski definition) is 7. The first-order valence-corrected chi connectivity index (χ1v) is 10.3. The van der Waals surface area contributed by atoms with Gasteiger partial charge in [0.25, 0.3) is 0 Å². The van der Waals surface area contributed by atoms with Crippen molar-refractivity contribution in [3.63, 3.8) is 0 Å². The van der Waals surface area contributed by atoms with Crippen LogP contribution >= 0.6 is 0 Å². The van der Waals surface area contributed by atoms with Gasteiger partial charge in [-0.15, -0.1) is 0 Å². The molecule has 7 heteroatoms. The second-order valence-electron chi connectivity index (χ2n) is 7.74. The highest BCUT2D eigenvalue weighted by atomic mass is 16.3. The maximum absolute atomic E-state index is 5.24. The van der Waals surface area contributed by atoms with Crippen LogP contribution in [0, 0.1) is 0 Å². The molecular formula is C23H28N6O. The molecule has 0 aliphatic carbocycles. The monoisotopic (exact) mass is 404 g/mol. The fourth-order valence-electron chi connectivity index (χ4n) is 3.69. The van der Waals surface area contributed by atoms with Gasteiger partial charge in [0.1, 0.15) is 17.9 Å². The first kappa shape index (κ1) is 20.1. The second kappa shape index (κ2) is 9.09. The van der Waals surface area contributed by atoms with Crippen molar-refractivity contribution in [3.8, 4) is 0 Å². The molecule has 0 aromatic carbocycles. The van der Waals surface area contributed by atoms with Crippen molar-refractivity contribution in [2.45, 2.75) is 19.9 Å². The zero-order chi connectivity index (χ0) is 20.9. The van der Waals surface area contributed by atoms with Gasteiger partial charge in [-0.1, -0.05) is 18.7 Å². The SMILES string of the molecule is C=C1/C=C(c2ccoc2)\C=C/CNN=C1c1cc(N2CCN(C(C)C)CC2)ncn1. The van der Waals surface area contributed by atoms with Gasteiger partial charge in [-0.3, -0.25) is 4.90 Å². The Morgan fingerprint density at radius 2 is 2.00 bits per heavy atom. The van der Waals surface area contributed by atoms with E-state index in [1.165, 1.54) is 0 Å². The molecule has 1 fully saturated rings. The molecule has 30 heavy (non-hydrogen) atoms. The van der Waals surface area contributed by atoms with Crippen molar-refractivity contribution in [2.75, 3.05) is 37.6 Å². The van der Waals surface area contributed by atoms with Crippen LogP contribution in [0.3, 0.4) is 0 Å². The molecule has 0 saturated carbocycles. The maximum atomic E-state index is 5.24. The largest absolute Gasteiger partial charge is 0.472 e. The van der Waals surface area contributed by atoms with Gasteiger partial charge >= 0.3 is 0 Å². The minimum Gasteiger partial charge on any atom is -0.472 e. The van der Waals surface area contributed by atoms with Crippen molar-refractivity contribution in [2.24, 2.45) is 5.10 Å². The molecule has 0 unspecified atom stereocenters. The van der Waals surface area contributed by atoms with Crippen molar-refractivity contribution in [3.05, 3.63) is 72.6 Å². The lowest BCUT2D eigenvalue weighted by Crippen LogP contribution is -2.49. The third kappa shape index (κ3) is 4.52. The molecule has 7 nitrogen and oxygen atoms in total. The summed E-state index contributed by atoms with van der Waals surface area (Å²) in [6.07, 6.45) is 11.1. The van der Waals surface area contributed by atoms with E-state index in [-0.39, 0.29) is 0 Å². The molecular weight excluding hydrogens is 376 g/mol. The lowest BCUT2D eigenvalue weighted by molar-refractivity contribution is 0.209. The van der Waals surface area contributed by atoms with Crippen LogP contribution in [0.5, 0.6) is 0 Å². The number of hydrogen-bond donors (Lipinski definition) is 1. The summed E-state index contributed by atoms with van der Waals surface area (Å²) in [5.74, 6) is 0.927. The second-order valence-corrected chi connectivity index (χ2v) is 7.74. The summed E-state index contributed by atoms with van der Waals surface area (Å²) in [7, 11) is 0. The van der Waals surface area contributed by atoms with Crippen molar-refractivity contribution in [1.29, 1.82) is 0 Å². The Labute approximate surface area is 177 Å². The molecule has 2 aliphatic heterocycles. The van der Waals surface area contributed by atoms with E-state index in [9.17, 15) is 0 Å². The van der Waals surface area contributed by atoms with E-state index in [1.54, 1.807) is 18.9 Å². The van der Waals surface area contributed by atoms with Crippen LogP contribution in [0.1, 0.15) is 25.1 Å². The molecule has 2 aromatic heterocycles. The number of aromatic nitrogens is 2. The highest BCUT2D eigenvalue weighted by Gasteiger charge is 2.21. The Bertz CT molecular complexity index is 965. The molecule has 2 aliphatic rings. The van der Waals surface area contributed by atoms with Crippen LogP contribution in [0.4, 0.5) is 5.82 Å². The Morgan fingerprint density at radius 3 is 2.73 bits per heavy atom. The zero-order valence-electron chi connectivity index (χ0n) is 17.6. The van der Waals surface area contributed by atoms with Crippen LogP contribution in [-0.4, -0.2) is 59.3 Å². The highest BCUT2D eigenvalue weighted by molar-refractivity contribution is 6.14. The standard InChI is InChI=1S/C23H28N6O/c1-17(2)28-8-10-29(11-9-28)22-14-21(24-16-25-22)23-18(3)13-19(5-4-7-26-27-23)20-6-12-30-15-20/h4-6,12-17,26H,3,7-11H2,1-2H3/b5-4-,19-13+,27-23?. The van der Waals surface area contributed by atoms with E-state index >= 15 is 0 Å². The Hall–Kier alpha value is -3.19. The summed E-state index contributed by atoms with van der Waals surface area (Å²) in [6.45, 7) is 13.3. The Kier molecular flexibility index (Phi) is 6.09. The van der Waals surface area contributed by atoms with E-state index < -0.39 is 0 Å². The molecule has 0 spiro atoms. The predicted molar refractivity (Wildman–Crippen MR) is 120 cm³/mol. The lowest BCUT2D eigenvalue weighted by Gasteiger charge is -2.37. The van der Waals surface area contributed by atoms with E-state index in [4.69, 9.17) is 4.42 Å². The molecule has 4 heterocycles. The third-order valence-electron chi connectivity index (χ3n) is 5.45. The predicted octanol–water partition coefficient (Wildman–Crippen LogP) is 3.10. The summed E-state index contributed by atoms with van der Waals surface area (Å²) in [5.41, 5.74) is 7.36. The van der Waals surface area contributed by atoms with Crippen LogP contribution in [0.15, 0.2) is 70.9 Å². The molecule has 4 rings (SSSR count). The molecule has 0 amide bonds. The van der Waals surface area contributed by atoms with Gasteiger partial charge in [-0.25, -0.2) is 9.97 Å². The summed E-state index contributed by atoms with van der Waals surface area (Å²) >= 11 is 0. The van der Waals surface area contributed by atoms with Gasteiger partial charge in [0.15, 0.2) is 0 Å². The summed E-state index contributed by atoms with van der Waals surface area (Å²) < 4.78 is 5.24. The number of hydrazone groups is 1. The molecule has 1 N–H and O–H groups in total. The first-order chi connectivity index (χ1) is 14.6. The van der Waals surface area contributed by atoms with Crippen LogP contribution in [0.25, 0.3) is 5.57 Å². The normalized spacial score (nSPS) is 21.2. The van der Waals surface area contributed by atoms with Gasteiger partial charge in [0.05, 0.1) is 24.8 Å². The topological polar surface area (TPSA) is 69.8 Å². The number of nitrogens with zero attached hydrogens (tertiary/aromatic N) is 5. The first-order valence-electron chi connectivity index (χ1n) is 10.3. The van der Waals surface area contributed by atoms with Crippen LogP contribution < -0.4 is 10.3 Å². The van der Waals surface area contributed by atoms with E-state index in [1.807, 2.05) is 30.4 Å². The van der Waals surface area contributed by atoms with Crippen molar-refractivity contribution >= 4 is 17.1 Å². The average Bonchev–Trinajstić information content (AvgIpc) is 3.31. The molecule has 0 radical (unpaired) electrons. The molecule has 0 atom stereocenters. The lowest BCUT2D eigenvalue weighted by atomic mass is 10.0. The number of furan rings is 1. The number of allylic oxidation sites excluding steroid dienone is 4. The fourth-order valence-corrected chi connectivity index (χ4v) is 3.69. The summed E-state index contributed by atoms with van der Waals surface area (Å²) in [4.78, 5) is 13.8. The van der Waals surface area contributed by atoms with E-state index in [0.717, 1.165) is 54.4 Å². The third-order valence-corrected chi connectivity index (χ3v) is 5.45. The average molecular weight is 405 g/mol. The van der Waals surface area contributed by atoms with Gasteiger partial charge in [0, 0.05) is 43.9 Å². The smallest absolute Gasteiger partial charge is 0.132 e. The molecule has 2 aromatic rings.